The van der Waals surface area contributed by atoms with E-state index in [-0.39, 0.29) is 40.6 Å². The Labute approximate surface area is 328 Å². The molecule has 0 unspecified atom stereocenters. The summed E-state index contributed by atoms with van der Waals surface area (Å²) in [4.78, 5) is 0. The van der Waals surface area contributed by atoms with Crippen LogP contribution in [0.3, 0.4) is 0 Å². The molecule has 2 aliphatic carbocycles. The Balaban J connectivity index is 0.000000316. The van der Waals surface area contributed by atoms with Crippen molar-refractivity contribution in [3.8, 4) is 33.8 Å². The molecule has 0 aliphatic heterocycles. The summed E-state index contributed by atoms with van der Waals surface area (Å²) in [6.45, 7) is 8.45. The van der Waals surface area contributed by atoms with Gasteiger partial charge in [-0.25, -0.2) is 0 Å². The first-order valence-corrected chi connectivity index (χ1v) is 21.9. The number of anilines is 1. The van der Waals surface area contributed by atoms with Crippen LogP contribution in [0.5, 0.6) is 11.5 Å². The van der Waals surface area contributed by atoms with Gasteiger partial charge in [-0.05, 0) is 99.3 Å². The van der Waals surface area contributed by atoms with Gasteiger partial charge in [-0.1, -0.05) is 125 Å². The molecule has 4 aromatic carbocycles. The monoisotopic (exact) mass is 837 g/mol. The van der Waals surface area contributed by atoms with Crippen molar-refractivity contribution in [3.63, 3.8) is 0 Å². The van der Waals surface area contributed by atoms with Crippen LogP contribution in [0.4, 0.5) is 5.69 Å². The van der Waals surface area contributed by atoms with Gasteiger partial charge in [0.1, 0.15) is 11.5 Å². The van der Waals surface area contributed by atoms with Crippen LogP contribution in [0.15, 0.2) is 97.1 Å². The van der Waals surface area contributed by atoms with Gasteiger partial charge in [0.2, 0.25) is 0 Å². The Hall–Kier alpha value is -2.72. The van der Waals surface area contributed by atoms with Crippen LogP contribution in [0.1, 0.15) is 91.9 Å². The Morgan fingerprint density at radius 3 is 1.52 bits per heavy atom. The quantitative estimate of drug-likeness (QED) is 0.0754. The number of hydrogen-bond acceptors (Lipinski definition) is 5. The molecule has 6 rings (SSSR count). The number of benzene rings is 4. The molecule has 2 fully saturated rings. The fourth-order valence-electron chi connectivity index (χ4n) is 7.18. The molecule has 0 heterocycles. The maximum atomic E-state index is 9.19. The van der Waals surface area contributed by atoms with Crippen molar-refractivity contribution in [2.24, 2.45) is 0 Å². The molecule has 0 atom stereocenters. The molecule has 6 nitrogen and oxygen atoms in total. The van der Waals surface area contributed by atoms with Crippen LogP contribution in [-0.2, 0) is 30.5 Å². The van der Waals surface area contributed by atoms with Crippen molar-refractivity contribution in [2.75, 3.05) is 12.0 Å². The molecular weight excluding hydrogens is 780 g/mol. The van der Waals surface area contributed by atoms with Gasteiger partial charge in [0.25, 0.3) is 10.1 Å². The number of nitrogen functional groups attached to an aromatic ring is 1. The summed E-state index contributed by atoms with van der Waals surface area (Å²) in [5.74, 6) is 1.91. The summed E-state index contributed by atoms with van der Waals surface area (Å²) >= 11 is 0. The van der Waals surface area contributed by atoms with Crippen LogP contribution < -0.4 is 20.5 Å². The standard InChI is InChI=1S/C30H43O2P.C12H11N.CH4O3S.Pd/c1-22(2)31-27-19-13-20-28(32-23(3)4)30(27)26-18-11-12-21-29(26)33(24-14-7-5-8-15-24)25-16-9-6-10-17-25;13-12-9-5-4-8-11(12)10-6-2-1-3-7-10;1-5(2,3)4;/h11-13,18-25H,5-10,14-17H2,1-4H3;1-9H,13H2;1H3,(H,2,3,4);. The van der Waals surface area contributed by atoms with Crippen molar-refractivity contribution < 1.29 is 42.9 Å². The molecule has 0 amide bonds. The Bertz CT molecular complexity index is 1690. The minimum Gasteiger partial charge on any atom is -0.490 e. The average Bonchev–Trinajstić information content (AvgIpc) is 3.10. The average molecular weight is 838 g/mol. The second-order valence-corrected chi connectivity index (χ2v) is 18.4. The molecule has 2 saturated carbocycles. The third-order valence-electron chi connectivity index (χ3n) is 9.15. The number of para-hydroxylation sites is 1. The molecular formula is C43H58NO5PPdS. The predicted octanol–water partition coefficient (Wildman–Crippen LogP) is 11.1. The van der Waals surface area contributed by atoms with Crippen LogP contribution in [0.2, 0.25) is 0 Å². The third-order valence-corrected chi connectivity index (χ3v) is 12.7. The molecule has 9 heteroatoms. The van der Waals surface area contributed by atoms with Gasteiger partial charge in [0.15, 0.2) is 0 Å². The maximum absolute atomic E-state index is 9.19. The normalized spacial score (nSPS) is 15.2. The van der Waals surface area contributed by atoms with Gasteiger partial charge in [0.05, 0.1) is 24.0 Å². The van der Waals surface area contributed by atoms with Gasteiger partial charge in [0, 0.05) is 31.7 Å². The summed E-state index contributed by atoms with van der Waals surface area (Å²) in [7, 11) is -3.88. The Morgan fingerprint density at radius 1 is 0.635 bits per heavy atom. The second kappa shape index (κ2) is 21.9. The number of hydrogen-bond donors (Lipinski definition) is 2. The SMILES string of the molecule is CC(C)Oc1cccc(OC(C)C)c1-c1ccccc1P(C1CCCCC1)C1CCCCC1.CS(=O)(=O)O.Nc1ccccc1-c1ccccc1.[Pd]. The molecule has 4 aromatic rings. The van der Waals surface area contributed by atoms with Crippen LogP contribution >= 0.6 is 7.92 Å². The predicted molar refractivity (Wildman–Crippen MR) is 217 cm³/mol. The topological polar surface area (TPSA) is 98.8 Å². The first-order chi connectivity index (χ1) is 24.4. The number of nitrogens with two attached hydrogens (primary N) is 1. The van der Waals surface area contributed by atoms with Gasteiger partial charge < -0.3 is 15.2 Å². The zero-order valence-corrected chi connectivity index (χ0v) is 34.7. The van der Waals surface area contributed by atoms with E-state index in [1.165, 1.54) is 75.3 Å². The van der Waals surface area contributed by atoms with E-state index in [0.29, 0.717) is 6.26 Å². The van der Waals surface area contributed by atoms with E-state index in [0.717, 1.165) is 39.6 Å². The second-order valence-electron chi connectivity index (χ2n) is 14.2. The molecule has 0 aromatic heterocycles. The minimum absolute atomic E-state index is 0. The van der Waals surface area contributed by atoms with E-state index in [9.17, 15) is 8.42 Å². The maximum Gasteiger partial charge on any atom is 0.261 e. The largest absolute Gasteiger partial charge is 0.490 e. The Morgan fingerprint density at radius 2 is 1.06 bits per heavy atom. The molecule has 3 N–H and O–H groups in total. The zero-order valence-electron chi connectivity index (χ0n) is 31.4. The van der Waals surface area contributed by atoms with Gasteiger partial charge in [-0.2, -0.15) is 8.42 Å². The number of rotatable bonds is 9. The van der Waals surface area contributed by atoms with Crippen LogP contribution in [-0.4, -0.2) is 42.8 Å². The van der Waals surface area contributed by atoms with Crippen LogP contribution in [0, 0.1) is 0 Å². The van der Waals surface area contributed by atoms with Crippen molar-refractivity contribution in [1.82, 2.24) is 0 Å². The van der Waals surface area contributed by atoms with Gasteiger partial charge >= 0.3 is 0 Å². The summed E-state index contributed by atoms with van der Waals surface area (Å²) < 4.78 is 38.6. The van der Waals surface area contributed by atoms with E-state index >= 15 is 0 Å². The molecule has 2 aliphatic rings. The van der Waals surface area contributed by atoms with Gasteiger partial charge in [-0.15, -0.1) is 0 Å². The molecule has 286 valence electrons. The van der Waals surface area contributed by atoms with Crippen molar-refractivity contribution in [3.05, 3.63) is 97.1 Å². The smallest absolute Gasteiger partial charge is 0.261 e. The Kier molecular flexibility index (Phi) is 18.4. The van der Waals surface area contributed by atoms with E-state index in [2.05, 4.69) is 82.3 Å². The fourth-order valence-corrected chi connectivity index (χ4v) is 11.1. The summed E-state index contributed by atoms with van der Waals surface area (Å²) in [6, 6.07) is 33.7. The van der Waals surface area contributed by atoms with Crippen molar-refractivity contribution >= 4 is 29.0 Å². The first kappa shape index (κ1) is 43.7. The molecule has 0 spiro atoms. The van der Waals surface area contributed by atoms with E-state index in [4.69, 9.17) is 19.8 Å². The van der Waals surface area contributed by atoms with E-state index in [1.54, 1.807) is 5.30 Å². The summed E-state index contributed by atoms with van der Waals surface area (Å²) in [5.41, 5.74) is 13.2. The zero-order chi connectivity index (χ0) is 36.8. The molecule has 52 heavy (non-hydrogen) atoms. The van der Waals surface area contributed by atoms with E-state index < -0.39 is 10.1 Å². The minimum atomic E-state index is -3.67. The van der Waals surface area contributed by atoms with E-state index in [1.807, 2.05) is 42.5 Å². The van der Waals surface area contributed by atoms with Crippen LogP contribution in [0.25, 0.3) is 22.3 Å². The summed E-state index contributed by atoms with van der Waals surface area (Å²) in [6.07, 6.45) is 15.1. The molecule has 0 bridgehead atoms. The molecule has 0 saturated heterocycles. The fraction of sp³-hybridized carbons (Fsp3) is 0.442. The van der Waals surface area contributed by atoms with Gasteiger partial charge in [-0.3, -0.25) is 4.55 Å². The third kappa shape index (κ3) is 13.9. The first-order valence-electron chi connectivity index (χ1n) is 18.6. The van der Waals surface area contributed by atoms with Crippen molar-refractivity contribution in [2.45, 2.75) is 115 Å². The number of ether oxygens (including phenoxy) is 2. The molecule has 0 radical (unpaired) electrons. The summed E-state index contributed by atoms with van der Waals surface area (Å²) in [5, 5.41) is 1.60. The van der Waals surface area contributed by atoms with Crippen molar-refractivity contribution in [1.29, 1.82) is 0 Å².